The Kier molecular flexibility index (Phi) is 5.21. The summed E-state index contributed by atoms with van der Waals surface area (Å²) in [5, 5.41) is 0. The van der Waals surface area contributed by atoms with Gasteiger partial charge in [-0.15, -0.1) is 0 Å². The second-order valence-corrected chi connectivity index (χ2v) is 6.89. The van der Waals surface area contributed by atoms with Gasteiger partial charge in [-0.1, -0.05) is 35.9 Å². The molecule has 1 aliphatic heterocycles. The van der Waals surface area contributed by atoms with Crippen molar-refractivity contribution in [1.82, 2.24) is 4.90 Å². The number of carbonyl (C=O) groups excluding carboxylic acids is 1. The minimum atomic E-state index is -0.0802. The molecule has 2 aromatic carbocycles. The number of benzene rings is 2. The molecule has 0 saturated carbocycles. The number of morpholine rings is 1. The minimum Gasteiger partial charge on any atom is -0.370 e. The van der Waals surface area contributed by atoms with Gasteiger partial charge in [-0.2, -0.15) is 0 Å². The molecule has 2 N–H and O–H groups in total. The second kappa shape index (κ2) is 7.38. The summed E-state index contributed by atoms with van der Waals surface area (Å²) in [6, 6.07) is 14.0. The van der Waals surface area contributed by atoms with Crippen LogP contribution < -0.4 is 5.73 Å². The number of rotatable bonds is 3. The first kappa shape index (κ1) is 17.6. The third-order valence-electron chi connectivity index (χ3n) is 4.91. The molecule has 0 spiro atoms. The lowest BCUT2D eigenvalue weighted by atomic mass is 9.98. The van der Waals surface area contributed by atoms with E-state index in [4.69, 9.17) is 10.5 Å². The van der Waals surface area contributed by atoms with Crippen molar-refractivity contribution in [2.24, 2.45) is 5.73 Å². The Labute approximate surface area is 149 Å². The van der Waals surface area contributed by atoms with Crippen molar-refractivity contribution < 1.29 is 9.53 Å². The van der Waals surface area contributed by atoms with Gasteiger partial charge in [0.05, 0.1) is 19.2 Å². The number of nitrogens with zero attached hydrogens (tertiary/aromatic N) is 1. The summed E-state index contributed by atoms with van der Waals surface area (Å²) in [5.41, 5.74) is 10.9. The summed E-state index contributed by atoms with van der Waals surface area (Å²) in [4.78, 5) is 14.9. The number of hydrogen-bond acceptors (Lipinski definition) is 3. The highest BCUT2D eigenvalue weighted by atomic mass is 16.5. The first-order valence-electron chi connectivity index (χ1n) is 8.78. The molecule has 2 aromatic rings. The molecule has 2 atom stereocenters. The van der Waals surface area contributed by atoms with Crippen LogP contribution in [0.2, 0.25) is 0 Å². The molecule has 4 heteroatoms. The quantitative estimate of drug-likeness (QED) is 0.933. The van der Waals surface area contributed by atoms with E-state index < -0.39 is 0 Å². The van der Waals surface area contributed by atoms with Gasteiger partial charge < -0.3 is 15.4 Å². The van der Waals surface area contributed by atoms with Crippen LogP contribution >= 0.6 is 0 Å². The van der Waals surface area contributed by atoms with Crippen molar-refractivity contribution in [2.75, 3.05) is 13.2 Å². The fourth-order valence-electron chi connectivity index (χ4n) is 3.28. The number of ether oxygens (including phenoxy) is 1. The average molecular weight is 338 g/mol. The summed E-state index contributed by atoms with van der Waals surface area (Å²) < 4.78 is 6.05. The molecule has 1 heterocycles. The van der Waals surface area contributed by atoms with Crippen LogP contribution in [0.3, 0.4) is 0 Å². The van der Waals surface area contributed by atoms with Gasteiger partial charge in [-0.25, -0.2) is 0 Å². The lowest BCUT2D eigenvalue weighted by Crippen LogP contribution is -2.48. The first-order valence-corrected chi connectivity index (χ1v) is 8.78. The van der Waals surface area contributed by atoms with E-state index in [1.54, 1.807) is 0 Å². The lowest BCUT2D eigenvalue weighted by Gasteiger charge is -2.38. The summed E-state index contributed by atoms with van der Waals surface area (Å²) in [6.45, 7) is 7.81. The Bertz CT molecular complexity index is 755. The van der Waals surface area contributed by atoms with Crippen molar-refractivity contribution in [3.8, 4) is 0 Å². The molecule has 0 aliphatic carbocycles. The van der Waals surface area contributed by atoms with Gasteiger partial charge in [-0.3, -0.25) is 4.79 Å². The summed E-state index contributed by atoms with van der Waals surface area (Å²) >= 11 is 0. The Morgan fingerprint density at radius 2 is 1.92 bits per heavy atom. The first-order chi connectivity index (χ1) is 12.0. The summed E-state index contributed by atoms with van der Waals surface area (Å²) in [5.74, 6) is 0.0506. The van der Waals surface area contributed by atoms with Crippen molar-refractivity contribution in [2.45, 2.75) is 39.5 Å². The number of aryl methyl sites for hydroxylation is 2. The smallest absolute Gasteiger partial charge is 0.254 e. The molecule has 0 radical (unpaired) electrons. The van der Waals surface area contributed by atoms with E-state index >= 15 is 0 Å². The highest BCUT2D eigenvalue weighted by molar-refractivity contribution is 5.94. The van der Waals surface area contributed by atoms with E-state index in [0.717, 1.165) is 5.56 Å². The van der Waals surface area contributed by atoms with Gasteiger partial charge in [-0.05, 0) is 49.6 Å². The number of nitrogens with two attached hydrogens (primary N) is 1. The Balaban J connectivity index is 1.82. The Morgan fingerprint density at radius 1 is 1.20 bits per heavy atom. The molecule has 1 amide bonds. The van der Waals surface area contributed by atoms with Gasteiger partial charge in [0.15, 0.2) is 0 Å². The standard InChI is InChI=1S/C21H26N2O2/c1-14-4-5-15(2)19(10-14)20-12-23(16(3)13-25-20)21(24)18-8-6-17(11-22)7-9-18/h4-10,16,20H,11-13,22H2,1-3H3/t16-,20+/m1/s1. The second-order valence-electron chi connectivity index (χ2n) is 6.89. The lowest BCUT2D eigenvalue weighted by molar-refractivity contribution is -0.0489. The van der Waals surface area contributed by atoms with Gasteiger partial charge in [0.1, 0.15) is 6.10 Å². The molecular formula is C21H26N2O2. The molecule has 0 bridgehead atoms. The van der Waals surface area contributed by atoms with Crippen LogP contribution in [0.4, 0.5) is 0 Å². The topological polar surface area (TPSA) is 55.6 Å². The van der Waals surface area contributed by atoms with E-state index in [1.807, 2.05) is 36.1 Å². The van der Waals surface area contributed by atoms with Crippen LogP contribution in [-0.2, 0) is 11.3 Å². The van der Waals surface area contributed by atoms with Gasteiger partial charge in [0, 0.05) is 12.1 Å². The number of carbonyl (C=O) groups is 1. The van der Waals surface area contributed by atoms with Crippen LogP contribution in [0.1, 0.15) is 45.6 Å². The van der Waals surface area contributed by atoms with E-state index in [2.05, 4.69) is 32.0 Å². The van der Waals surface area contributed by atoms with E-state index in [1.165, 1.54) is 16.7 Å². The van der Waals surface area contributed by atoms with Crippen LogP contribution in [0, 0.1) is 13.8 Å². The van der Waals surface area contributed by atoms with E-state index in [0.29, 0.717) is 25.3 Å². The highest BCUT2D eigenvalue weighted by Gasteiger charge is 2.31. The maximum atomic E-state index is 13.0. The van der Waals surface area contributed by atoms with Crippen molar-refractivity contribution in [1.29, 1.82) is 0 Å². The van der Waals surface area contributed by atoms with Crippen LogP contribution in [0.15, 0.2) is 42.5 Å². The Morgan fingerprint density at radius 3 is 2.60 bits per heavy atom. The van der Waals surface area contributed by atoms with Crippen molar-refractivity contribution in [3.05, 3.63) is 70.3 Å². The van der Waals surface area contributed by atoms with E-state index in [-0.39, 0.29) is 18.1 Å². The molecular weight excluding hydrogens is 312 g/mol. The maximum Gasteiger partial charge on any atom is 0.254 e. The van der Waals surface area contributed by atoms with Crippen LogP contribution in [0.25, 0.3) is 0 Å². The van der Waals surface area contributed by atoms with Gasteiger partial charge in [0.25, 0.3) is 5.91 Å². The molecule has 0 aromatic heterocycles. The zero-order valence-electron chi connectivity index (χ0n) is 15.2. The number of hydrogen-bond donors (Lipinski definition) is 1. The fraction of sp³-hybridized carbons (Fsp3) is 0.381. The zero-order chi connectivity index (χ0) is 18.0. The van der Waals surface area contributed by atoms with Gasteiger partial charge in [0.2, 0.25) is 0 Å². The third kappa shape index (κ3) is 3.75. The molecule has 3 rings (SSSR count). The summed E-state index contributed by atoms with van der Waals surface area (Å²) in [6.07, 6.45) is -0.0802. The molecule has 1 fully saturated rings. The zero-order valence-corrected chi connectivity index (χ0v) is 15.2. The molecule has 132 valence electrons. The SMILES string of the molecule is Cc1ccc(C)c([C@@H]2CN(C(=O)c3ccc(CN)cc3)[C@H](C)CO2)c1. The number of amides is 1. The van der Waals surface area contributed by atoms with E-state index in [9.17, 15) is 4.79 Å². The van der Waals surface area contributed by atoms with Gasteiger partial charge >= 0.3 is 0 Å². The predicted molar refractivity (Wildman–Crippen MR) is 99.4 cm³/mol. The fourth-order valence-corrected chi connectivity index (χ4v) is 3.28. The molecule has 1 aliphatic rings. The Hall–Kier alpha value is -2.17. The average Bonchev–Trinajstić information content (AvgIpc) is 2.64. The predicted octanol–water partition coefficient (Wildman–Crippen LogP) is 3.36. The highest BCUT2D eigenvalue weighted by Crippen LogP contribution is 2.29. The summed E-state index contributed by atoms with van der Waals surface area (Å²) in [7, 11) is 0. The van der Waals surface area contributed by atoms with Crippen molar-refractivity contribution in [3.63, 3.8) is 0 Å². The monoisotopic (exact) mass is 338 g/mol. The largest absolute Gasteiger partial charge is 0.370 e. The molecule has 25 heavy (non-hydrogen) atoms. The third-order valence-corrected chi connectivity index (χ3v) is 4.91. The van der Waals surface area contributed by atoms with Crippen LogP contribution in [-0.4, -0.2) is 30.0 Å². The molecule has 1 saturated heterocycles. The minimum absolute atomic E-state index is 0.0506. The normalized spacial score (nSPS) is 20.6. The van der Waals surface area contributed by atoms with Crippen molar-refractivity contribution >= 4 is 5.91 Å². The maximum absolute atomic E-state index is 13.0. The molecule has 4 nitrogen and oxygen atoms in total. The van der Waals surface area contributed by atoms with Crippen LogP contribution in [0.5, 0.6) is 0 Å². The molecule has 0 unspecified atom stereocenters.